The fourth-order valence-electron chi connectivity index (χ4n) is 1.10. The summed E-state index contributed by atoms with van der Waals surface area (Å²) in [6, 6.07) is 5.38. The van der Waals surface area contributed by atoms with E-state index >= 15 is 0 Å². The number of alkyl halides is 3. The minimum atomic E-state index is -4.26. The molecule has 0 aromatic heterocycles. The van der Waals surface area contributed by atoms with Gasteiger partial charge in [-0.15, -0.1) is 0 Å². The van der Waals surface area contributed by atoms with Crippen molar-refractivity contribution in [1.29, 1.82) is 0 Å². The van der Waals surface area contributed by atoms with Crippen LogP contribution in [0.15, 0.2) is 24.3 Å². The van der Waals surface area contributed by atoms with E-state index in [9.17, 15) is 13.2 Å². The zero-order chi connectivity index (χ0) is 11.0. The molecular formula is C10H17F3NSn+. The summed E-state index contributed by atoms with van der Waals surface area (Å²) in [7, 11) is 5.49. The molecule has 0 aliphatic rings. The zero-order valence-corrected chi connectivity index (χ0v) is 8.39. The zero-order valence-electron chi connectivity index (χ0n) is 8.39. The molecule has 15 heavy (non-hydrogen) atoms. The van der Waals surface area contributed by atoms with Crippen molar-refractivity contribution in [2.75, 3.05) is 21.1 Å². The van der Waals surface area contributed by atoms with E-state index in [2.05, 4.69) is 0 Å². The maximum absolute atomic E-state index is 12.3. The van der Waals surface area contributed by atoms with Gasteiger partial charge in [-0.2, -0.15) is 13.2 Å². The van der Waals surface area contributed by atoms with Gasteiger partial charge < -0.3 is 0 Å². The van der Waals surface area contributed by atoms with Gasteiger partial charge in [-0.25, -0.2) is 0 Å². The molecule has 0 fully saturated rings. The molecule has 0 amide bonds. The van der Waals surface area contributed by atoms with Crippen LogP contribution in [0.25, 0.3) is 0 Å². The summed E-state index contributed by atoms with van der Waals surface area (Å²) in [5.74, 6) is 0. The SMILES string of the molecule is C[N+](C)(C)c1cccc(C(F)(F)F)c1.[SnH4]. The van der Waals surface area contributed by atoms with Crippen LogP contribution < -0.4 is 4.48 Å². The van der Waals surface area contributed by atoms with Crippen molar-refractivity contribution in [1.82, 2.24) is 4.48 Å². The quantitative estimate of drug-likeness (QED) is 0.541. The maximum atomic E-state index is 12.3. The van der Waals surface area contributed by atoms with Gasteiger partial charge in [0.1, 0.15) is 5.69 Å². The summed E-state index contributed by atoms with van der Waals surface area (Å²) in [6.07, 6.45) is -4.26. The molecule has 5 heteroatoms. The predicted octanol–water partition coefficient (Wildman–Crippen LogP) is 1.45. The molecular weight excluding hydrogens is 310 g/mol. The Bertz CT molecular complexity index is 299. The molecule has 0 bridgehead atoms. The Morgan fingerprint density at radius 2 is 1.60 bits per heavy atom. The van der Waals surface area contributed by atoms with Crippen molar-refractivity contribution in [2.45, 2.75) is 6.18 Å². The summed E-state index contributed by atoms with van der Waals surface area (Å²) in [5, 5.41) is 0. The van der Waals surface area contributed by atoms with Gasteiger partial charge in [-0.05, 0) is 12.1 Å². The topological polar surface area (TPSA) is 0 Å². The van der Waals surface area contributed by atoms with E-state index in [1.165, 1.54) is 12.1 Å². The van der Waals surface area contributed by atoms with Crippen LogP contribution in [-0.2, 0) is 6.18 Å². The standard InChI is InChI=1S/C10H13F3N.Sn.4H/c1-14(2,3)9-6-4-5-8(7-9)10(11,12)13;;;;;/h4-7H,1-3H3;;;;;/q+1;;;;;. The van der Waals surface area contributed by atoms with E-state index in [-0.39, 0.29) is 23.9 Å². The first-order chi connectivity index (χ1) is 6.21. The van der Waals surface area contributed by atoms with Gasteiger partial charge in [-0.3, -0.25) is 4.48 Å². The van der Waals surface area contributed by atoms with Crippen molar-refractivity contribution in [2.24, 2.45) is 0 Å². The van der Waals surface area contributed by atoms with E-state index in [0.29, 0.717) is 10.2 Å². The Hall–Kier alpha value is -0.231. The molecule has 86 valence electrons. The molecule has 1 nitrogen and oxygen atoms in total. The first-order valence-electron chi connectivity index (χ1n) is 4.20. The van der Waals surface area contributed by atoms with Crippen molar-refractivity contribution in [3.8, 4) is 0 Å². The molecule has 0 heterocycles. The van der Waals surface area contributed by atoms with Crippen LogP contribution in [0, 0.1) is 0 Å². The molecule has 1 aromatic carbocycles. The van der Waals surface area contributed by atoms with Crippen LogP contribution in [0.5, 0.6) is 0 Å². The third kappa shape index (κ3) is 4.02. The van der Waals surface area contributed by atoms with Gasteiger partial charge in [0.25, 0.3) is 0 Å². The Morgan fingerprint density at radius 3 is 2.00 bits per heavy atom. The fraction of sp³-hybridized carbons (Fsp3) is 0.400. The number of hydrogen-bond acceptors (Lipinski definition) is 0. The van der Waals surface area contributed by atoms with Crippen molar-refractivity contribution < 1.29 is 13.2 Å². The summed E-state index contributed by atoms with van der Waals surface area (Å²) in [5.41, 5.74) is 0.0443. The second kappa shape index (κ2) is 4.74. The monoisotopic (exact) mass is 328 g/mol. The number of hydrogen-bond donors (Lipinski definition) is 0. The second-order valence-electron chi connectivity index (χ2n) is 4.06. The minimum absolute atomic E-state index is 0. The number of rotatable bonds is 1. The predicted molar refractivity (Wildman–Crippen MR) is 62.3 cm³/mol. The van der Waals surface area contributed by atoms with Crippen LogP contribution in [0.1, 0.15) is 5.56 Å². The molecule has 0 atom stereocenters. The van der Waals surface area contributed by atoms with E-state index in [0.717, 1.165) is 6.07 Å². The van der Waals surface area contributed by atoms with Crippen LogP contribution in [0.4, 0.5) is 18.9 Å². The van der Waals surface area contributed by atoms with Crippen molar-refractivity contribution >= 4 is 29.6 Å². The number of nitrogens with zero attached hydrogens (tertiary/aromatic N) is 1. The summed E-state index contributed by atoms with van der Waals surface area (Å²) in [4.78, 5) is 0. The van der Waals surface area contributed by atoms with Crippen molar-refractivity contribution in [3.63, 3.8) is 0 Å². The molecule has 1 rings (SSSR count). The Balaban J connectivity index is 0.00000196. The van der Waals surface area contributed by atoms with Crippen LogP contribution in [0.3, 0.4) is 0 Å². The van der Waals surface area contributed by atoms with Crippen LogP contribution in [-0.4, -0.2) is 45.1 Å². The number of quaternary nitrogens is 1. The second-order valence-corrected chi connectivity index (χ2v) is 4.06. The molecule has 0 spiro atoms. The third-order valence-corrected chi connectivity index (χ3v) is 1.95. The first-order valence-corrected chi connectivity index (χ1v) is 4.20. The van der Waals surface area contributed by atoms with E-state index in [1.54, 1.807) is 6.07 Å². The average molecular weight is 327 g/mol. The van der Waals surface area contributed by atoms with Crippen LogP contribution in [0.2, 0.25) is 0 Å². The van der Waals surface area contributed by atoms with Gasteiger partial charge in [0.05, 0.1) is 26.7 Å². The van der Waals surface area contributed by atoms with Gasteiger partial charge in [-0.1, -0.05) is 6.07 Å². The van der Waals surface area contributed by atoms with Gasteiger partial charge in [0, 0.05) is 6.07 Å². The molecule has 0 unspecified atom stereocenters. The molecule has 0 radical (unpaired) electrons. The molecule has 0 aliphatic heterocycles. The molecule has 0 N–H and O–H groups in total. The van der Waals surface area contributed by atoms with Gasteiger partial charge in [0.2, 0.25) is 0 Å². The van der Waals surface area contributed by atoms with E-state index in [1.807, 2.05) is 21.1 Å². The van der Waals surface area contributed by atoms with Crippen LogP contribution >= 0.6 is 0 Å². The van der Waals surface area contributed by atoms with Gasteiger partial charge >= 0.3 is 30.1 Å². The van der Waals surface area contributed by atoms with Gasteiger partial charge in [0.15, 0.2) is 0 Å². The Morgan fingerprint density at radius 1 is 1.07 bits per heavy atom. The molecule has 1 aromatic rings. The third-order valence-electron chi connectivity index (χ3n) is 1.95. The van der Waals surface area contributed by atoms with E-state index < -0.39 is 11.7 Å². The summed E-state index contributed by atoms with van der Waals surface area (Å²) < 4.78 is 37.4. The Kier molecular flexibility index (Phi) is 4.66. The normalized spacial score (nSPS) is 12.1. The number of halogens is 3. The van der Waals surface area contributed by atoms with E-state index in [4.69, 9.17) is 0 Å². The molecule has 0 aliphatic carbocycles. The summed E-state index contributed by atoms with van der Waals surface area (Å²) in [6.45, 7) is 0. The average Bonchev–Trinajstić information content (AvgIpc) is 2.01. The van der Waals surface area contributed by atoms with Crippen molar-refractivity contribution in [3.05, 3.63) is 29.8 Å². The molecule has 0 saturated carbocycles. The molecule has 0 saturated heterocycles. The Labute approximate surface area is 104 Å². The fourth-order valence-corrected chi connectivity index (χ4v) is 1.10. The first kappa shape index (κ1) is 14.8. The summed E-state index contributed by atoms with van der Waals surface area (Å²) >= 11 is 0. The number of benzene rings is 1.